The first kappa shape index (κ1) is 17.8. The van der Waals surface area contributed by atoms with E-state index in [1.165, 1.54) is 13.8 Å². The van der Waals surface area contributed by atoms with E-state index in [1.807, 2.05) is 0 Å². The van der Waals surface area contributed by atoms with Crippen LogP contribution in [0.4, 0.5) is 0 Å². The second-order valence-corrected chi connectivity index (χ2v) is 5.36. The number of hydrogen-bond donors (Lipinski definition) is 6. The third kappa shape index (κ3) is 3.89. The van der Waals surface area contributed by atoms with Crippen molar-refractivity contribution in [1.29, 1.82) is 0 Å². The van der Waals surface area contributed by atoms with Crippen molar-refractivity contribution in [3.63, 3.8) is 0 Å². The largest absolute Gasteiger partial charge is 0.479 e. The number of carboxylic acid groups (broad SMARTS) is 1. The highest BCUT2D eigenvalue weighted by Crippen LogP contribution is 2.31. The first-order chi connectivity index (χ1) is 9.62. The molecule has 1 amide bonds. The van der Waals surface area contributed by atoms with Crippen LogP contribution in [0.1, 0.15) is 20.3 Å². The predicted molar refractivity (Wildman–Crippen MR) is 68.2 cm³/mol. The number of ether oxygens (including phenoxy) is 1. The van der Waals surface area contributed by atoms with Gasteiger partial charge in [0.05, 0.1) is 18.8 Å². The van der Waals surface area contributed by atoms with Crippen LogP contribution in [0.25, 0.3) is 0 Å². The standard InChI is InChI=1S/C12H21NO8/c1-5(15)13-8-6(16)3-12(2,11(19)20)21-10(8)9(18)7(17)4-14/h6-10,14,16-18H,3-4H2,1-2H3,(H,13,15)(H,19,20)/t6-,7+,8+,9+,10?,12?/m0/s1. The van der Waals surface area contributed by atoms with Crippen LogP contribution in [0.5, 0.6) is 0 Å². The number of amides is 1. The van der Waals surface area contributed by atoms with Crippen molar-refractivity contribution in [2.75, 3.05) is 6.61 Å². The molecule has 0 aromatic heterocycles. The Hall–Kier alpha value is -1.26. The topological polar surface area (TPSA) is 157 Å². The molecule has 6 atom stereocenters. The molecule has 21 heavy (non-hydrogen) atoms. The Labute approximate surface area is 121 Å². The normalized spacial score (nSPS) is 35.8. The Morgan fingerprint density at radius 2 is 2.00 bits per heavy atom. The van der Waals surface area contributed by atoms with E-state index in [9.17, 15) is 24.9 Å². The number of aliphatic hydroxyl groups excluding tert-OH is 4. The Morgan fingerprint density at radius 3 is 2.43 bits per heavy atom. The maximum absolute atomic E-state index is 11.2. The van der Waals surface area contributed by atoms with Crippen molar-refractivity contribution in [2.24, 2.45) is 0 Å². The number of nitrogens with one attached hydrogen (secondary N) is 1. The molecule has 0 bridgehead atoms. The van der Waals surface area contributed by atoms with Gasteiger partial charge in [0.1, 0.15) is 18.3 Å². The minimum absolute atomic E-state index is 0.300. The Morgan fingerprint density at radius 1 is 1.43 bits per heavy atom. The minimum Gasteiger partial charge on any atom is -0.479 e. The lowest BCUT2D eigenvalue weighted by Crippen LogP contribution is -2.66. The zero-order valence-electron chi connectivity index (χ0n) is 11.8. The zero-order chi connectivity index (χ0) is 16.4. The molecule has 1 heterocycles. The van der Waals surface area contributed by atoms with Gasteiger partial charge in [-0.05, 0) is 6.92 Å². The second kappa shape index (κ2) is 6.67. The van der Waals surface area contributed by atoms with E-state index >= 15 is 0 Å². The average molecular weight is 307 g/mol. The predicted octanol–water partition coefficient (Wildman–Crippen LogP) is -2.80. The number of rotatable bonds is 5. The second-order valence-electron chi connectivity index (χ2n) is 5.36. The molecule has 1 aliphatic heterocycles. The molecule has 9 nitrogen and oxygen atoms in total. The molecular weight excluding hydrogens is 286 g/mol. The monoisotopic (exact) mass is 307 g/mol. The van der Waals surface area contributed by atoms with Gasteiger partial charge in [0.25, 0.3) is 0 Å². The van der Waals surface area contributed by atoms with Gasteiger partial charge in [0.15, 0.2) is 5.60 Å². The van der Waals surface area contributed by atoms with Crippen LogP contribution < -0.4 is 5.32 Å². The fourth-order valence-electron chi connectivity index (χ4n) is 2.33. The molecule has 6 N–H and O–H groups in total. The number of carbonyl (C=O) groups excluding carboxylic acids is 1. The summed E-state index contributed by atoms with van der Waals surface area (Å²) in [5.74, 6) is -1.87. The summed E-state index contributed by atoms with van der Waals surface area (Å²) in [5.41, 5.74) is -1.78. The Balaban J connectivity index is 3.07. The van der Waals surface area contributed by atoms with Crippen molar-refractivity contribution < 1.29 is 39.9 Å². The van der Waals surface area contributed by atoms with Crippen LogP contribution in [-0.4, -0.2) is 80.1 Å². The van der Waals surface area contributed by atoms with Crippen LogP contribution >= 0.6 is 0 Å². The van der Waals surface area contributed by atoms with Gasteiger partial charge in [-0.2, -0.15) is 0 Å². The van der Waals surface area contributed by atoms with Crippen LogP contribution in [0.3, 0.4) is 0 Å². The van der Waals surface area contributed by atoms with E-state index in [0.717, 1.165) is 0 Å². The number of carbonyl (C=O) groups is 2. The van der Waals surface area contributed by atoms with E-state index in [1.54, 1.807) is 0 Å². The summed E-state index contributed by atoms with van der Waals surface area (Å²) in [5, 5.41) is 49.9. The molecule has 1 saturated heterocycles. The molecule has 0 radical (unpaired) electrons. The molecule has 0 aromatic rings. The van der Waals surface area contributed by atoms with Crippen molar-refractivity contribution in [2.45, 2.75) is 56.3 Å². The van der Waals surface area contributed by atoms with E-state index in [4.69, 9.17) is 14.9 Å². The molecule has 122 valence electrons. The highest BCUT2D eigenvalue weighted by Gasteiger charge is 2.51. The number of aliphatic carboxylic acids is 1. The molecule has 0 aromatic carbocycles. The molecular formula is C12H21NO8. The van der Waals surface area contributed by atoms with Gasteiger partial charge in [0, 0.05) is 13.3 Å². The molecule has 1 fully saturated rings. The first-order valence-electron chi connectivity index (χ1n) is 6.45. The molecule has 0 spiro atoms. The Kier molecular flexibility index (Phi) is 5.65. The lowest BCUT2D eigenvalue weighted by atomic mass is 9.84. The average Bonchev–Trinajstić information content (AvgIpc) is 2.39. The van der Waals surface area contributed by atoms with E-state index < -0.39 is 54.5 Å². The molecule has 0 aliphatic carbocycles. The first-order valence-corrected chi connectivity index (χ1v) is 6.45. The van der Waals surface area contributed by atoms with Gasteiger partial charge in [-0.15, -0.1) is 0 Å². The third-order valence-corrected chi connectivity index (χ3v) is 3.50. The molecule has 0 saturated carbocycles. The molecule has 2 unspecified atom stereocenters. The van der Waals surface area contributed by atoms with Crippen LogP contribution in [0.15, 0.2) is 0 Å². The number of hydrogen-bond acceptors (Lipinski definition) is 7. The quantitative estimate of drug-likeness (QED) is 0.318. The molecule has 1 rings (SSSR count). The van der Waals surface area contributed by atoms with E-state index in [2.05, 4.69) is 5.32 Å². The zero-order valence-corrected chi connectivity index (χ0v) is 11.8. The summed E-state index contributed by atoms with van der Waals surface area (Å²) in [7, 11) is 0. The highest BCUT2D eigenvalue weighted by atomic mass is 16.6. The SMILES string of the molecule is CC(=O)N[C@H]1C([C@H](O)[C@H](O)CO)OC(C)(C(=O)O)C[C@@H]1O. The van der Waals surface area contributed by atoms with Gasteiger partial charge in [0.2, 0.25) is 5.91 Å². The molecule has 9 heteroatoms. The summed E-state index contributed by atoms with van der Waals surface area (Å²) in [6.45, 7) is 1.62. The lowest BCUT2D eigenvalue weighted by molar-refractivity contribution is -0.224. The van der Waals surface area contributed by atoms with Crippen LogP contribution in [-0.2, 0) is 14.3 Å². The summed E-state index contributed by atoms with van der Waals surface area (Å²) in [4.78, 5) is 22.4. The van der Waals surface area contributed by atoms with Gasteiger partial charge in [-0.1, -0.05) is 0 Å². The van der Waals surface area contributed by atoms with Crippen LogP contribution in [0.2, 0.25) is 0 Å². The van der Waals surface area contributed by atoms with E-state index in [0.29, 0.717) is 0 Å². The van der Waals surface area contributed by atoms with Crippen LogP contribution in [0, 0.1) is 0 Å². The van der Waals surface area contributed by atoms with Crippen molar-refractivity contribution in [3.8, 4) is 0 Å². The summed E-state index contributed by atoms with van der Waals surface area (Å²) < 4.78 is 5.31. The van der Waals surface area contributed by atoms with Crippen molar-refractivity contribution in [1.82, 2.24) is 5.32 Å². The smallest absolute Gasteiger partial charge is 0.335 e. The minimum atomic E-state index is -1.78. The van der Waals surface area contributed by atoms with Gasteiger partial charge in [-0.25, -0.2) is 4.79 Å². The summed E-state index contributed by atoms with van der Waals surface area (Å²) in [6, 6.07) is -1.11. The Bertz CT molecular complexity index is 403. The fourth-order valence-corrected chi connectivity index (χ4v) is 2.33. The van der Waals surface area contributed by atoms with E-state index in [-0.39, 0.29) is 6.42 Å². The van der Waals surface area contributed by atoms with Gasteiger partial charge < -0.3 is 35.6 Å². The molecule has 1 aliphatic rings. The number of carboxylic acids is 1. The maximum Gasteiger partial charge on any atom is 0.335 e. The van der Waals surface area contributed by atoms with Gasteiger partial charge >= 0.3 is 5.97 Å². The number of aliphatic hydroxyl groups is 4. The maximum atomic E-state index is 11.2. The van der Waals surface area contributed by atoms with Crippen molar-refractivity contribution >= 4 is 11.9 Å². The summed E-state index contributed by atoms with van der Waals surface area (Å²) >= 11 is 0. The van der Waals surface area contributed by atoms with Crippen molar-refractivity contribution in [3.05, 3.63) is 0 Å². The third-order valence-electron chi connectivity index (χ3n) is 3.50. The fraction of sp³-hybridized carbons (Fsp3) is 0.833. The lowest BCUT2D eigenvalue weighted by Gasteiger charge is -2.45. The highest BCUT2D eigenvalue weighted by molar-refractivity contribution is 5.77. The summed E-state index contributed by atoms with van der Waals surface area (Å²) in [6.07, 6.45) is -6.27. The van der Waals surface area contributed by atoms with Gasteiger partial charge in [-0.3, -0.25) is 4.79 Å².